The number of nitrogens with zero attached hydrogens (tertiary/aromatic N) is 2. The van der Waals surface area contributed by atoms with Crippen molar-refractivity contribution >= 4 is 11.6 Å². The molecule has 1 aliphatic heterocycles. The van der Waals surface area contributed by atoms with Crippen molar-refractivity contribution in [1.82, 2.24) is 5.01 Å². The quantitative estimate of drug-likeness (QED) is 0.745. The molecule has 10 heteroatoms. The van der Waals surface area contributed by atoms with E-state index in [1.54, 1.807) is 12.1 Å². The molecule has 2 aromatic carbocycles. The number of halogens is 4. The molecule has 1 aliphatic rings. The van der Waals surface area contributed by atoms with Crippen molar-refractivity contribution in [1.29, 1.82) is 0 Å². The number of rotatable bonds is 5. The molecule has 0 spiro atoms. The van der Waals surface area contributed by atoms with Gasteiger partial charge in [-0.1, -0.05) is 18.2 Å². The van der Waals surface area contributed by atoms with Crippen LogP contribution in [-0.4, -0.2) is 42.1 Å². The molecule has 0 fully saturated rings. The second kappa shape index (κ2) is 7.94. The molecule has 6 nitrogen and oxygen atoms in total. The SMILES string of the molecule is COc1ccc(CC(=O)N2N=C(C(F)(F)F)C[C@@]2(O)c2ccc(F)cc2)cc1OC. The van der Waals surface area contributed by atoms with Gasteiger partial charge in [0.15, 0.2) is 17.2 Å². The zero-order valence-electron chi connectivity index (χ0n) is 16.0. The molecule has 1 N–H and O–H groups in total. The van der Waals surface area contributed by atoms with Gasteiger partial charge in [-0.05, 0) is 29.8 Å². The third-order valence-electron chi connectivity index (χ3n) is 4.66. The monoisotopic (exact) mass is 426 g/mol. The van der Waals surface area contributed by atoms with Gasteiger partial charge < -0.3 is 14.6 Å². The van der Waals surface area contributed by atoms with E-state index in [0.717, 1.165) is 24.3 Å². The topological polar surface area (TPSA) is 71.4 Å². The van der Waals surface area contributed by atoms with Crippen LogP contribution in [0.15, 0.2) is 47.6 Å². The van der Waals surface area contributed by atoms with E-state index >= 15 is 0 Å². The maximum Gasteiger partial charge on any atom is 0.431 e. The van der Waals surface area contributed by atoms with Gasteiger partial charge in [-0.15, -0.1) is 0 Å². The molecule has 0 saturated heterocycles. The van der Waals surface area contributed by atoms with E-state index in [9.17, 15) is 27.5 Å². The van der Waals surface area contributed by atoms with Crippen LogP contribution in [0, 0.1) is 5.82 Å². The van der Waals surface area contributed by atoms with Gasteiger partial charge in [0.25, 0.3) is 0 Å². The van der Waals surface area contributed by atoms with Crippen LogP contribution in [0.4, 0.5) is 17.6 Å². The second-order valence-corrected chi connectivity index (χ2v) is 6.62. The Morgan fingerprint density at radius 2 is 1.77 bits per heavy atom. The minimum atomic E-state index is -4.84. The Balaban J connectivity index is 1.95. The predicted octanol–water partition coefficient (Wildman–Crippen LogP) is 3.38. The van der Waals surface area contributed by atoms with Crippen molar-refractivity contribution in [2.45, 2.75) is 24.7 Å². The maximum absolute atomic E-state index is 13.3. The third kappa shape index (κ3) is 4.09. The molecule has 0 unspecified atom stereocenters. The summed E-state index contributed by atoms with van der Waals surface area (Å²) in [5.41, 5.74) is -3.39. The molecule has 1 heterocycles. The summed E-state index contributed by atoms with van der Waals surface area (Å²) in [5.74, 6) is -0.777. The first-order valence-corrected chi connectivity index (χ1v) is 8.75. The van der Waals surface area contributed by atoms with E-state index in [1.165, 1.54) is 20.3 Å². The lowest BCUT2D eigenvalue weighted by Crippen LogP contribution is -2.44. The van der Waals surface area contributed by atoms with E-state index in [0.29, 0.717) is 22.1 Å². The summed E-state index contributed by atoms with van der Waals surface area (Å²) in [5, 5.41) is 14.8. The normalized spacial score (nSPS) is 18.9. The van der Waals surface area contributed by atoms with Gasteiger partial charge in [0.05, 0.1) is 27.1 Å². The lowest BCUT2D eigenvalue weighted by molar-refractivity contribution is -0.157. The number of carbonyl (C=O) groups excluding carboxylic acids is 1. The summed E-state index contributed by atoms with van der Waals surface area (Å²) >= 11 is 0. The van der Waals surface area contributed by atoms with Crippen molar-refractivity contribution < 1.29 is 36.9 Å². The number of ether oxygens (including phenoxy) is 2. The van der Waals surface area contributed by atoms with Crippen molar-refractivity contribution in [3.05, 3.63) is 59.4 Å². The number of hydrogen-bond donors (Lipinski definition) is 1. The first kappa shape index (κ1) is 21.6. The Morgan fingerprint density at radius 1 is 1.13 bits per heavy atom. The summed E-state index contributed by atoms with van der Waals surface area (Å²) < 4.78 is 63.3. The van der Waals surface area contributed by atoms with Gasteiger partial charge in [-0.25, -0.2) is 4.39 Å². The molecule has 1 atom stereocenters. The van der Waals surface area contributed by atoms with Crippen LogP contribution >= 0.6 is 0 Å². The Labute approximate surface area is 169 Å². The fraction of sp³-hybridized carbons (Fsp3) is 0.300. The molecule has 2 aromatic rings. The van der Waals surface area contributed by atoms with Crippen LogP contribution < -0.4 is 9.47 Å². The zero-order chi connectivity index (χ0) is 22.1. The number of aliphatic hydroxyl groups is 1. The van der Waals surface area contributed by atoms with Crippen LogP contribution in [0.3, 0.4) is 0 Å². The van der Waals surface area contributed by atoms with Gasteiger partial charge in [-0.2, -0.15) is 23.3 Å². The van der Waals surface area contributed by atoms with E-state index in [4.69, 9.17) is 9.47 Å². The average molecular weight is 426 g/mol. The third-order valence-corrected chi connectivity index (χ3v) is 4.66. The first-order chi connectivity index (χ1) is 14.1. The highest BCUT2D eigenvalue weighted by Crippen LogP contribution is 2.40. The number of hydrogen-bond acceptors (Lipinski definition) is 5. The fourth-order valence-corrected chi connectivity index (χ4v) is 3.15. The molecule has 0 radical (unpaired) electrons. The number of hydrazone groups is 1. The number of amides is 1. The van der Waals surface area contributed by atoms with Gasteiger partial charge in [0.1, 0.15) is 11.5 Å². The molecule has 0 bridgehead atoms. The van der Waals surface area contributed by atoms with E-state index in [-0.39, 0.29) is 12.0 Å². The van der Waals surface area contributed by atoms with Crippen LogP contribution in [0.1, 0.15) is 17.5 Å². The Hall–Kier alpha value is -3.14. The molecule has 160 valence electrons. The molecule has 30 heavy (non-hydrogen) atoms. The average Bonchev–Trinajstić information content (AvgIpc) is 3.07. The minimum Gasteiger partial charge on any atom is -0.493 e. The Kier molecular flexibility index (Phi) is 5.71. The summed E-state index contributed by atoms with van der Waals surface area (Å²) in [6.45, 7) is 0. The Bertz CT molecular complexity index is 976. The molecule has 0 saturated carbocycles. The number of alkyl halides is 3. The smallest absolute Gasteiger partial charge is 0.431 e. The highest BCUT2D eigenvalue weighted by Gasteiger charge is 2.52. The summed E-state index contributed by atoms with van der Waals surface area (Å²) in [4.78, 5) is 12.8. The second-order valence-electron chi connectivity index (χ2n) is 6.62. The van der Waals surface area contributed by atoms with Crippen molar-refractivity contribution in [2.24, 2.45) is 5.10 Å². The minimum absolute atomic E-state index is 0.0902. The number of methoxy groups -OCH3 is 2. The largest absolute Gasteiger partial charge is 0.493 e. The molecular weight excluding hydrogens is 408 g/mol. The first-order valence-electron chi connectivity index (χ1n) is 8.75. The summed E-state index contributed by atoms with van der Waals surface area (Å²) in [7, 11) is 2.83. The molecular formula is C20H18F4N2O4. The van der Waals surface area contributed by atoms with Crippen LogP contribution in [-0.2, 0) is 16.9 Å². The van der Waals surface area contributed by atoms with E-state index < -0.39 is 35.8 Å². The van der Waals surface area contributed by atoms with Crippen LogP contribution in [0.2, 0.25) is 0 Å². The van der Waals surface area contributed by atoms with Gasteiger partial charge in [-0.3, -0.25) is 4.79 Å². The highest BCUT2D eigenvalue weighted by atomic mass is 19.4. The van der Waals surface area contributed by atoms with E-state index in [1.807, 2.05) is 0 Å². The lowest BCUT2D eigenvalue weighted by Gasteiger charge is -2.31. The van der Waals surface area contributed by atoms with Crippen LogP contribution in [0.25, 0.3) is 0 Å². The van der Waals surface area contributed by atoms with E-state index in [2.05, 4.69) is 5.10 Å². The fourth-order valence-electron chi connectivity index (χ4n) is 3.15. The molecule has 1 amide bonds. The van der Waals surface area contributed by atoms with Crippen molar-refractivity contribution in [3.63, 3.8) is 0 Å². The molecule has 0 aromatic heterocycles. The molecule has 3 rings (SSSR count). The summed E-state index contributed by atoms with van der Waals surface area (Å²) in [6.07, 6.45) is -6.18. The molecule has 0 aliphatic carbocycles. The van der Waals surface area contributed by atoms with Crippen molar-refractivity contribution in [2.75, 3.05) is 14.2 Å². The van der Waals surface area contributed by atoms with Gasteiger partial charge >= 0.3 is 6.18 Å². The van der Waals surface area contributed by atoms with Crippen LogP contribution in [0.5, 0.6) is 11.5 Å². The highest BCUT2D eigenvalue weighted by molar-refractivity contribution is 5.95. The van der Waals surface area contributed by atoms with Gasteiger partial charge in [0.2, 0.25) is 5.91 Å². The number of benzene rings is 2. The zero-order valence-corrected chi connectivity index (χ0v) is 16.0. The van der Waals surface area contributed by atoms with Gasteiger partial charge in [0, 0.05) is 5.56 Å². The lowest BCUT2D eigenvalue weighted by atomic mass is 9.96. The van der Waals surface area contributed by atoms with Crippen molar-refractivity contribution in [3.8, 4) is 11.5 Å². The Morgan fingerprint density at radius 3 is 2.33 bits per heavy atom. The standard InChI is InChI=1S/C20H18F4N2O4/c1-29-15-8-3-12(9-16(15)30-2)10-18(27)26-19(28,11-17(25-26)20(22,23)24)13-4-6-14(21)7-5-13/h3-9,28H,10-11H2,1-2H3/t19-/m1/s1. The maximum atomic E-state index is 13.3. The summed E-state index contributed by atoms with van der Waals surface area (Å²) in [6, 6.07) is 8.77. The number of carbonyl (C=O) groups is 1. The predicted molar refractivity (Wildman–Crippen MR) is 98.5 cm³/mol.